The Balaban J connectivity index is 2.12. The quantitative estimate of drug-likeness (QED) is 0.524. The van der Waals surface area contributed by atoms with Crippen molar-refractivity contribution in [3.63, 3.8) is 0 Å². The number of hydrogen-bond donors (Lipinski definition) is 0. The molecule has 3 heterocycles. The topological polar surface area (TPSA) is 30.7 Å². The van der Waals surface area contributed by atoms with E-state index in [4.69, 9.17) is 0 Å². The smallest absolute Gasteiger partial charge is 0.108 e. The van der Waals surface area contributed by atoms with Gasteiger partial charge in [0.25, 0.3) is 0 Å². The van der Waals surface area contributed by atoms with Crippen molar-refractivity contribution >= 4 is 32.6 Å². The standard InChI is InChI=1S/C16H13N3S/c1-10-13-16(14-12(8-17-13)18-9-19(14)2)20-15(10)11-6-4-3-5-7-11/h3-9H,1-2H3. The van der Waals surface area contributed by atoms with Gasteiger partial charge in [0.1, 0.15) is 5.52 Å². The summed E-state index contributed by atoms with van der Waals surface area (Å²) in [5.41, 5.74) is 5.72. The maximum Gasteiger partial charge on any atom is 0.108 e. The fourth-order valence-corrected chi connectivity index (χ4v) is 3.99. The molecule has 3 nitrogen and oxygen atoms in total. The van der Waals surface area contributed by atoms with Gasteiger partial charge in [-0.15, -0.1) is 11.3 Å². The number of aromatic nitrogens is 3. The summed E-state index contributed by atoms with van der Waals surface area (Å²) in [5.74, 6) is 0. The lowest BCUT2D eigenvalue weighted by Crippen LogP contribution is -1.85. The van der Waals surface area contributed by atoms with E-state index in [2.05, 4.69) is 45.7 Å². The highest BCUT2D eigenvalue weighted by molar-refractivity contribution is 7.23. The van der Waals surface area contributed by atoms with Crippen molar-refractivity contribution < 1.29 is 0 Å². The van der Waals surface area contributed by atoms with Gasteiger partial charge in [-0.05, 0) is 18.1 Å². The third-order valence-corrected chi connectivity index (χ3v) is 4.98. The number of benzene rings is 1. The summed E-state index contributed by atoms with van der Waals surface area (Å²) in [7, 11) is 2.03. The first-order valence-corrected chi connectivity index (χ1v) is 7.32. The van der Waals surface area contributed by atoms with Gasteiger partial charge in [-0.1, -0.05) is 30.3 Å². The summed E-state index contributed by atoms with van der Waals surface area (Å²) >= 11 is 1.80. The van der Waals surface area contributed by atoms with E-state index in [1.165, 1.54) is 26.2 Å². The molecule has 4 rings (SSSR count). The van der Waals surface area contributed by atoms with Crippen molar-refractivity contribution in [1.82, 2.24) is 14.5 Å². The zero-order chi connectivity index (χ0) is 13.7. The highest BCUT2D eigenvalue weighted by Crippen LogP contribution is 2.39. The van der Waals surface area contributed by atoms with Gasteiger partial charge in [0, 0.05) is 11.9 Å². The summed E-state index contributed by atoms with van der Waals surface area (Å²) in [5, 5.41) is 0. The van der Waals surface area contributed by atoms with Crippen molar-refractivity contribution in [2.24, 2.45) is 7.05 Å². The highest BCUT2D eigenvalue weighted by atomic mass is 32.1. The molecule has 20 heavy (non-hydrogen) atoms. The minimum absolute atomic E-state index is 0.959. The zero-order valence-electron chi connectivity index (χ0n) is 11.3. The lowest BCUT2D eigenvalue weighted by Gasteiger charge is -1.98. The first-order valence-electron chi connectivity index (χ1n) is 6.50. The maximum atomic E-state index is 4.60. The SMILES string of the molecule is Cc1c(-c2ccccc2)sc2c1ncc1ncn(C)c12. The first-order chi connectivity index (χ1) is 9.75. The van der Waals surface area contributed by atoms with Gasteiger partial charge in [-0.2, -0.15) is 0 Å². The summed E-state index contributed by atoms with van der Waals surface area (Å²) in [6.45, 7) is 2.15. The van der Waals surface area contributed by atoms with Gasteiger partial charge in [-0.3, -0.25) is 4.98 Å². The Morgan fingerprint density at radius 3 is 2.70 bits per heavy atom. The Hall–Kier alpha value is -2.20. The molecule has 0 N–H and O–H groups in total. The fraction of sp³-hybridized carbons (Fsp3) is 0.125. The van der Waals surface area contributed by atoms with E-state index >= 15 is 0 Å². The van der Waals surface area contributed by atoms with Crippen molar-refractivity contribution in [2.45, 2.75) is 6.92 Å². The zero-order valence-corrected chi connectivity index (χ0v) is 12.1. The number of thiophene rings is 1. The van der Waals surface area contributed by atoms with Crippen LogP contribution in [0.1, 0.15) is 5.56 Å². The first kappa shape index (κ1) is 11.6. The molecular weight excluding hydrogens is 266 g/mol. The minimum atomic E-state index is 0.959. The van der Waals surface area contributed by atoms with Gasteiger partial charge in [0.05, 0.1) is 28.3 Å². The number of fused-ring (bicyclic) bond motifs is 3. The van der Waals surface area contributed by atoms with Crippen molar-refractivity contribution in [3.8, 4) is 10.4 Å². The van der Waals surface area contributed by atoms with Crippen LogP contribution in [0.4, 0.5) is 0 Å². The molecule has 0 bridgehead atoms. The highest BCUT2D eigenvalue weighted by Gasteiger charge is 2.15. The Bertz CT molecular complexity index is 919. The molecule has 0 fully saturated rings. The van der Waals surface area contributed by atoms with E-state index < -0.39 is 0 Å². The number of aryl methyl sites for hydroxylation is 2. The second kappa shape index (κ2) is 4.15. The van der Waals surface area contributed by atoms with Crippen LogP contribution < -0.4 is 0 Å². The molecule has 0 amide bonds. The Labute approximate surface area is 120 Å². The Morgan fingerprint density at radius 2 is 1.90 bits per heavy atom. The van der Waals surface area contributed by atoms with Gasteiger partial charge in [0.2, 0.25) is 0 Å². The van der Waals surface area contributed by atoms with E-state index in [-0.39, 0.29) is 0 Å². The van der Waals surface area contributed by atoms with Gasteiger partial charge in [-0.25, -0.2) is 4.98 Å². The molecule has 3 aromatic heterocycles. The monoisotopic (exact) mass is 279 g/mol. The molecule has 0 aliphatic carbocycles. The van der Waals surface area contributed by atoms with Crippen LogP contribution in [0.2, 0.25) is 0 Å². The molecule has 0 aliphatic heterocycles. The molecule has 0 atom stereocenters. The molecule has 0 unspecified atom stereocenters. The fourth-order valence-electron chi connectivity index (χ4n) is 2.63. The Kier molecular flexibility index (Phi) is 2.41. The summed E-state index contributed by atoms with van der Waals surface area (Å²) < 4.78 is 3.29. The lowest BCUT2D eigenvalue weighted by molar-refractivity contribution is 0.951. The third kappa shape index (κ3) is 1.51. The second-order valence-electron chi connectivity index (χ2n) is 4.95. The van der Waals surface area contributed by atoms with E-state index in [0.29, 0.717) is 0 Å². The minimum Gasteiger partial charge on any atom is -0.332 e. The number of imidazole rings is 1. The van der Waals surface area contributed by atoms with Crippen molar-refractivity contribution in [3.05, 3.63) is 48.4 Å². The van der Waals surface area contributed by atoms with E-state index in [1.807, 2.05) is 25.6 Å². The molecule has 0 saturated carbocycles. The van der Waals surface area contributed by atoms with Gasteiger partial charge >= 0.3 is 0 Å². The average Bonchev–Trinajstić information content (AvgIpc) is 3.01. The van der Waals surface area contributed by atoms with Crippen LogP contribution in [0.25, 0.3) is 31.7 Å². The molecule has 4 aromatic rings. The lowest BCUT2D eigenvalue weighted by atomic mass is 10.1. The van der Waals surface area contributed by atoms with Gasteiger partial charge in [0.15, 0.2) is 0 Å². The predicted octanol–water partition coefficient (Wildman–Crippen LogP) is 4.16. The number of pyridine rings is 1. The van der Waals surface area contributed by atoms with Gasteiger partial charge < -0.3 is 4.57 Å². The van der Waals surface area contributed by atoms with E-state index in [9.17, 15) is 0 Å². The van der Waals surface area contributed by atoms with Crippen LogP contribution in [-0.4, -0.2) is 14.5 Å². The molecule has 1 aromatic carbocycles. The van der Waals surface area contributed by atoms with Crippen LogP contribution in [-0.2, 0) is 7.05 Å². The molecular formula is C16H13N3S. The van der Waals surface area contributed by atoms with E-state index in [1.54, 1.807) is 11.3 Å². The third-order valence-electron chi connectivity index (χ3n) is 3.65. The molecule has 0 aliphatic rings. The largest absolute Gasteiger partial charge is 0.332 e. The predicted molar refractivity (Wildman–Crippen MR) is 84.1 cm³/mol. The summed E-state index contributed by atoms with van der Waals surface area (Å²) in [6, 6.07) is 10.5. The van der Waals surface area contributed by atoms with Crippen molar-refractivity contribution in [2.75, 3.05) is 0 Å². The van der Waals surface area contributed by atoms with Crippen LogP contribution in [0, 0.1) is 6.92 Å². The molecule has 0 radical (unpaired) electrons. The summed E-state index contributed by atoms with van der Waals surface area (Å²) in [6.07, 6.45) is 3.72. The number of nitrogens with zero attached hydrogens (tertiary/aromatic N) is 3. The second-order valence-corrected chi connectivity index (χ2v) is 5.97. The van der Waals surface area contributed by atoms with E-state index in [0.717, 1.165) is 11.0 Å². The average molecular weight is 279 g/mol. The normalized spacial score (nSPS) is 11.5. The molecule has 0 saturated heterocycles. The molecule has 98 valence electrons. The van der Waals surface area contributed by atoms with Crippen LogP contribution in [0.5, 0.6) is 0 Å². The molecule has 0 spiro atoms. The maximum absolute atomic E-state index is 4.60. The number of rotatable bonds is 1. The van der Waals surface area contributed by atoms with Crippen LogP contribution in [0.15, 0.2) is 42.9 Å². The summed E-state index contributed by atoms with van der Waals surface area (Å²) in [4.78, 5) is 10.3. The Morgan fingerprint density at radius 1 is 1.10 bits per heavy atom. The van der Waals surface area contributed by atoms with Crippen molar-refractivity contribution in [1.29, 1.82) is 0 Å². The molecule has 4 heteroatoms. The van der Waals surface area contributed by atoms with Crippen LogP contribution in [0.3, 0.4) is 0 Å². The number of hydrogen-bond acceptors (Lipinski definition) is 3. The van der Waals surface area contributed by atoms with Crippen LogP contribution >= 0.6 is 11.3 Å².